The van der Waals surface area contributed by atoms with Gasteiger partial charge in [0.25, 0.3) is 17.7 Å². The van der Waals surface area contributed by atoms with Crippen LogP contribution < -0.4 is 26.6 Å². The standard InChI is InChI=1S/C43H50N12O9/c1-25-4-2-7-31(50-25)40(59)51-27-18-28(19-27)54-24-49-37-38(47-23-48-39(37)54)46-20-26-10-13-53(14-11-26)35(58)22-64-17-16-63-15-12-44-34(57)21-45-30-6-3-5-29-36(30)43(62)55(42(29)61)32-8-9-33(56)52-41(32)60/h2-7,23-24,26-28,32,45H,8-22H2,1H3,(H,44,57)(H,51,59)(H,46,47,48)(H,52,56,60). The Morgan fingerprint density at radius 2 is 1.69 bits per heavy atom. The summed E-state index contributed by atoms with van der Waals surface area (Å²) in [7, 11) is 0. The molecule has 0 bridgehead atoms. The first-order chi connectivity index (χ1) is 31.0. The van der Waals surface area contributed by atoms with E-state index < -0.39 is 29.7 Å². The lowest BCUT2D eigenvalue weighted by molar-refractivity contribution is -0.138. The number of rotatable bonds is 18. The molecule has 5 N–H and O–H groups in total. The van der Waals surface area contributed by atoms with Gasteiger partial charge in [-0.2, -0.15) is 0 Å². The molecule has 64 heavy (non-hydrogen) atoms. The highest BCUT2D eigenvalue weighted by Crippen LogP contribution is 2.35. The van der Waals surface area contributed by atoms with Crippen LogP contribution in [0.4, 0.5) is 11.5 Å². The topological polar surface area (TPSA) is 261 Å². The third kappa shape index (κ3) is 9.84. The SMILES string of the molecule is Cc1cccc(C(=O)NC2CC(n3cnc4c(NCC5CCN(C(=O)COCCOCCNC(=O)CNc6cccc7c6C(=O)N(C6CCC(=O)NC6=O)C7=O)CC5)ncnc43)C2)n1. The number of imide groups is 2. The summed E-state index contributed by atoms with van der Waals surface area (Å²) < 4.78 is 13.2. The van der Waals surface area contributed by atoms with Crippen LogP contribution in [0.15, 0.2) is 49.1 Å². The second kappa shape index (κ2) is 19.7. The molecule has 3 aromatic heterocycles. The van der Waals surface area contributed by atoms with Gasteiger partial charge in [-0.15, -0.1) is 0 Å². The van der Waals surface area contributed by atoms with Crippen LogP contribution in [0, 0.1) is 12.8 Å². The molecule has 4 aliphatic rings. The van der Waals surface area contributed by atoms with Gasteiger partial charge in [0.2, 0.25) is 23.6 Å². The lowest BCUT2D eigenvalue weighted by Crippen LogP contribution is -2.54. The first-order valence-electron chi connectivity index (χ1n) is 21.5. The lowest BCUT2D eigenvalue weighted by atomic mass is 9.86. The molecule has 1 aliphatic carbocycles. The van der Waals surface area contributed by atoms with E-state index >= 15 is 0 Å². The fourth-order valence-corrected chi connectivity index (χ4v) is 8.37. The van der Waals surface area contributed by atoms with Crippen LogP contribution in [0.1, 0.15) is 81.5 Å². The van der Waals surface area contributed by atoms with Crippen LogP contribution in [-0.4, -0.2) is 147 Å². The molecule has 3 fully saturated rings. The van der Waals surface area contributed by atoms with Crippen molar-refractivity contribution in [2.24, 2.45) is 5.92 Å². The van der Waals surface area contributed by atoms with Gasteiger partial charge >= 0.3 is 0 Å². The van der Waals surface area contributed by atoms with Gasteiger partial charge in [0.1, 0.15) is 30.2 Å². The largest absolute Gasteiger partial charge is 0.377 e. The summed E-state index contributed by atoms with van der Waals surface area (Å²) in [6.45, 7) is 4.38. The quantitative estimate of drug-likeness (QED) is 0.0689. The fourth-order valence-electron chi connectivity index (χ4n) is 8.37. The zero-order valence-electron chi connectivity index (χ0n) is 35.3. The predicted molar refractivity (Wildman–Crippen MR) is 228 cm³/mol. The van der Waals surface area contributed by atoms with Crippen molar-refractivity contribution < 1.29 is 43.0 Å². The van der Waals surface area contributed by atoms with E-state index in [9.17, 15) is 33.6 Å². The van der Waals surface area contributed by atoms with Crippen molar-refractivity contribution in [2.75, 3.05) is 69.8 Å². The Kier molecular flexibility index (Phi) is 13.5. The molecule has 1 atom stereocenters. The minimum absolute atomic E-state index is 0.0144. The number of carbonyl (C=O) groups is 7. The molecule has 1 saturated carbocycles. The summed E-state index contributed by atoms with van der Waals surface area (Å²) in [6, 6.07) is 9.14. The molecular weight excluding hydrogens is 829 g/mol. The van der Waals surface area contributed by atoms with Gasteiger partial charge in [-0.05, 0) is 69.2 Å². The molecule has 4 aromatic rings. The number of aryl methyl sites for hydroxylation is 1. The Labute approximate surface area is 367 Å². The molecule has 6 heterocycles. The highest BCUT2D eigenvalue weighted by Gasteiger charge is 2.45. The molecule has 336 valence electrons. The van der Waals surface area contributed by atoms with Crippen molar-refractivity contribution in [3.63, 3.8) is 0 Å². The van der Waals surface area contributed by atoms with Crippen LogP contribution in [0.5, 0.6) is 0 Å². The van der Waals surface area contributed by atoms with Gasteiger partial charge in [-0.25, -0.2) is 19.9 Å². The molecule has 0 radical (unpaired) electrons. The number of pyridine rings is 1. The third-order valence-corrected chi connectivity index (χ3v) is 11.9. The number of amides is 7. The summed E-state index contributed by atoms with van der Waals surface area (Å²) >= 11 is 0. The number of aromatic nitrogens is 5. The first kappa shape index (κ1) is 43.8. The highest BCUT2D eigenvalue weighted by molar-refractivity contribution is 6.25. The third-order valence-electron chi connectivity index (χ3n) is 11.9. The van der Waals surface area contributed by atoms with E-state index in [1.54, 1.807) is 24.5 Å². The van der Waals surface area contributed by atoms with E-state index in [2.05, 4.69) is 46.5 Å². The fraction of sp³-hybridized carbons (Fsp3) is 0.465. The number of nitrogens with one attached hydrogen (secondary N) is 5. The number of fused-ring (bicyclic) bond motifs is 2. The number of benzene rings is 1. The summed E-state index contributed by atoms with van der Waals surface area (Å²) in [4.78, 5) is 109. The van der Waals surface area contributed by atoms with Gasteiger partial charge in [0, 0.05) is 56.1 Å². The average Bonchev–Trinajstić information content (AvgIpc) is 3.82. The van der Waals surface area contributed by atoms with Crippen LogP contribution in [-0.2, 0) is 28.7 Å². The summed E-state index contributed by atoms with van der Waals surface area (Å²) in [5.41, 5.74) is 3.10. The molecule has 8 rings (SSSR count). The molecule has 1 aromatic carbocycles. The number of hydrogen-bond acceptors (Lipinski definition) is 15. The molecule has 2 saturated heterocycles. The molecule has 0 spiro atoms. The maximum absolute atomic E-state index is 13.2. The molecule has 1 unspecified atom stereocenters. The van der Waals surface area contributed by atoms with E-state index in [0.29, 0.717) is 42.6 Å². The summed E-state index contributed by atoms with van der Waals surface area (Å²) in [5.74, 6) is -2.08. The Balaban J connectivity index is 0.672. The van der Waals surface area contributed by atoms with E-state index in [1.165, 1.54) is 12.4 Å². The molecule has 7 amide bonds. The van der Waals surface area contributed by atoms with Crippen molar-refractivity contribution in [2.45, 2.75) is 63.6 Å². The predicted octanol–water partition coefficient (Wildman–Crippen LogP) is 0.976. The number of imidazole rings is 1. The molecule has 21 nitrogen and oxygen atoms in total. The van der Waals surface area contributed by atoms with Gasteiger partial charge in [0.15, 0.2) is 11.5 Å². The van der Waals surface area contributed by atoms with E-state index in [4.69, 9.17) is 9.47 Å². The van der Waals surface area contributed by atoms with E-state index in [1.807, 2.05) is 28.5 Å². The normalized spacial score (nSPS) is 19.9. The monoisotopic (exact) mass is 878 g/mol. The number of hydrogen-bond donors (Lipinski definition) is 5. The maximum Gasteiger partial charge on any atom is 0.270 e. The number of likely N-dealkylation sites (tertiary alicyclic amines) is 1. The minimum atomic E-state index is -1.09. The Bertz CT molecular complexity index is 2450. The Morgan fingerprint density at radius 3 is 2.48 bits per heavy atom. The van der Waals surface area contributed by atoms with Gasteiger partial charge in [-0.3, -0.25) is 43.8 Å². The summed E-state index contributed by atoms with van der Waals surface area (Å²) in [5, 5.41) is 14.3. The van der Waals surface area contributed by atoms with Crippen molar-refractivity contribution in [1.82, 2.24) is 50.3 Å². The van der Waals surface area contributed by atoms with Gasteiger partial charge in [-0.1, -0.05) is 12.1 Å². The van der Waals surface area contributed by atoms with Gasteiger partial charge in [0.05, 0.1) is 43.8 Å². The second-order valence-electron chi connectivity index (χ2n) is 16.3. The van der Waals surface area contributed by atoms with E-state index in [0.717, 1.165) is 41.9 Å². The number of nitrogens with zero attached hydrogens (tertiary/aromatic N) is 7. The van der Waals surface area contributed by atoms with E-state index in [-0.39, 0.29) is 99.0 Å². The Morgan fingerprint density at radius 1 is 0.891 bits per heavy atom. The number of carbonyl (C=O) groups excluding carboxylic acids is 7. The Hall–Kier alpha value is -6.87. The van der Waals surface area contributed by atoms with Crippen LogP contribution in [0.3, 0.4) is 0 Å². The molecule has 3 aliphatic heterocycles. The number of anilines is 2. The first-order valence-corrected chi connectivity index (χ1v) is 21.5. The molecule has 21 heteroatoms. The van der Waals surface area contributed by atoms with Crippen molar-refractivity contribution >= 4 is 64.0 Å². The second-order valence-corrected chi connectivity index (χ2v) is 16.3. The average molecular weight is 879 g/mol. The minimum Gasteiger partial charge on any atom is -0.377 e. The van der Waals surface area contributed by atoms with Crippen LogP contribution >= 0.6 is 0 Å². The zero-order chi connectivity index (χ0) is 44.7. The zero-order valence-corrected chi connectivity index (χ0v) is 35.3. The van der Waals surface area contributed by atoms with Crippen LogP contribution in [0.2, 0.25) is 0 Å². The van der Waals surface area contributed by atoms with Gasteiger partial charge < -0.3 is 40.2 Å². The number of piperidine rings is 2. The lowest BCUT2D eigenvalue weighted by Gasteiger charge is -2.36. The van der Waals surface area contributed by atoms with Crippen LogP contribution in [0.25, 0.3) is 11.2 Å². The summed E-state index contributed by atoms with van der Waals surface area (Å²) in [6.07, 6.45) is 6.56. The highest BCUT2D eigenvalue weighted by atomic mass is 16.5. The molecular formula is C43H50N12O9. The smallest absolute Gasteiger partial charge is 0.270 e. The van der Waals surface area contributed by atoms with Crippen molar-refractivity contribution in [3.05, 3.63) is 71.6 Å². The maximum atomic E-state index is 13.2. The van der Waals surface area contributed by atoms with Crippen molar-refractivity contribution in [1.29, 1.82) is 0 Å². The number of ether oxygens (including phenoxy) is 2. The van der Waals surface area contributed by atoms with Crippen molar-refractivity contribution in [3.8, 4) is 0 Å².